The molecule has 8 heteroatoms. The first-order valence-corrected chi connectivity index (χ1v) is 11.8. The number of anilines is 1. The van der Waals surface area contributed by atoms with Crippen LogP contribution in [0.2, 0.25) is 5.02 Å². The van der Waals surface area contributed by atoms with E-state index >= 15 is 0 Å². The summed E-state index contributed by atoms with van der Waals surface area (Å²) in [4.78, 5) is 15.2. The van der Waals surface area contributed by atoms with Crippen LogP contribution in [0.5, 0.6) is 5.75 Å². The summed E-state index contributed by atoms with van der Waals surface area (Å²) in [6, 6.07) is 4.61. The molecular weight excluding hydrogens is 424 g/mol. The topological polar surface area (TPSA) is 78.1 Å². The number of pyridine rings is 1. The van der Waals surface area contributed by atoms with Crippen LogP contribution in [0.4, 0.5) is 5.69 Å². The summed E-state index contributed by atoms with van der Waals surface area (Å²) >= 11 is 6.56. The van der Waals surface area contributed by atoms with Gasteiger partial charge in [0.2, 0.25) is 0 Å². The number of likely N-dealkylation sites (tertiary alicyclic amines) is 1. The van der Waals surface area contributed by atoms with E-state index in [0.29, 0.717) is 23.3 Å². The molecule has 0 saturated carbocycles. The Morgan fingerprint density at radius 3 is 2.59 bits per heavy atom. The lowest BCUT2D eigenvalue weighted by Gasteiger charge is -2.32. The second-order valence-corrected chi connectivity index (χ2v) is 8.92. The summed E-state index contributed by atoms with van der Waals surface area (Å²) < 4.78 is 5.96. The smallest absolute Gasteiger partial charge is 0.180 e. The third-order valence-corrected chi connectivity index (χ3v) is 6.48. The normalized spacial score (nSPS) is 15.4. The number of piperidine rings is 1. The Bertz CT molecular complexity index is 1050. The van der Waals surface area contributed by atoms with E-state index in [9.17, 15) is 0 Å². The zero-order valence-corrected chi connectivity index (χ0v) is 20.1. The largest absolute Gasteiger partial charge is 0.492 e. The molecule has 3 N–H and O–H groups in total. The fraction of sp³-hybridized carbons (Fsp3) is 0.500. The molecule has 2 aromatic heterocycles. The van der Waals surface area contributed by atoms with Crippen LogP contribution in [0.3, 0.4) is 0 Å². The van der Waals surface area contributed by atoms with E-state index in [4.69, 9.17) is 21.3 Å². The average molecular weight is 457 g/mol. The predicted octanol–water partition coefficient (Wildman–Crippen LogP) is 4.39. The zero-order chi connectivity index (χ0) is 22.7. The number of likely N-dealkylation sites (N-methyl/N-ethyl adjacent to an activating group) is 1. The van der Waals surface area contributed by atoms with Crippen LogP contribution >= 0.6 is 11.6 Å². The Labute approximate surface area is 194 Å². The highest BCUT2D eigenvalue weighted by Crippen LogP contribution is 2.34. The maximum Gasteiger partial charge on any atom is 0.180 e. The molecule has 1 aliphatic heterocycles. The summed E-state index contributed by atoms with van der Waals surface area (Å²) in [5.74, 6) is 1.72. The summed E-state index contributed by atoms with van der Waals surface area (Å²) in [6.07, 6.45) is 3.89. The van der Waals surface area contributed by atoms with E-state index in [1.165, 1.54) is 0 Å². The van der Waals surface area contributed by atoms with E-state index in [1.807, 2.05) is 7.05 Å². The Kier molecular flexibility index (Phi) is 7.18. The van der Waals surface area contributed by atoms with Crippen molar-refractivity contribution in [1.29, 1.82) is 0 Å². The summed E-state index contributed by atoms with van der Waals surface area (Å²) in [5.41, 5.74) is 5.60. The molecule has 7 nitrogen and oxygen atoms in total. The minimum absolute atomic E-state index is 0.395. The van der Waals surface area contributed by atoms with Gasteiger partial charge >= 0.3 is 0 Å². The number of H-pyrrole nitrogens is 1. The highest BCUT2D eigenvalue weighted by Gasteiger charge is 2.21. The first-order chi connectivity index (χ1) is 15.5. The molecule has 3 heterocycles. The quantitative estimate of drug-likeness (QED) is 0.436. The molecule has 1 aromatic carbocycles. The van der Waals surface area contributed by atoms with Crippen molar-refractivity contribution in [3.8, 4) is 17.1 Å². The molecule has 0 radical (unpaired) electrons. The van der Waals surface area contributed by atoms with Crippen LogP contribution in [0.15, 0.2) is 18.3 Å². The number of rotatable bonds is 8. The van der Waals surface area contributed by atoms with Crippen molar-refractivity contribution in [3.05, 3.63) is 34.5 Å². The maximum atomic E-state index is 6.56. The SMILES string of the molecule is CCN1CCC(Nc2c(Cl)cnc3nc(-c4cc(C)c(OCCNC)c(C)c4)[nH]c23)CC1. The van der Waals surface area contributed by atoms with Crippen LogP contribution in [0.1, 0.15) is 30.9 Å². The van der Waals surface area contributed by atoms with Crippen LogP contribution in [0, 0.1) is 13.8 Å². The number of imidazole rings is 1. The first-order valence-electron chi connectivity index (χ1n) is 11.4. The lowest BCUT2D eigenvalue weighted by atomic mass is 10.0. The molecule has 0 unspecified atom stereocenters. The van der Waals surface area contributed by atoms with Gasteiger partial charge in [0, 0.05) is 31.2 Å². The second kappa shape index (κ2) is 10.1. The van der Waals surface area contributed by atoms with Gasteiger partial charge in [-0.15, -0.1) is 0 Å². The summed E-state index contributed by atoms with van der Waals surface area (Å²) in [5, 5.41) is 7.39. The van der Waals surface area contributed by atoms with E-state index in [1.54, 1.807) is 6.20 Å². The van der Waals surface area contributed by atoms with Gasteiger partial charge in [-0.05, 0) is 63.5 Å². The monoisotopic (exact) mass is 456 g/mol. The molecule has 0 amide bonds. The molecule has 32 heavy (non-hydrogen) atoms. The van der Waals surface area contributed by atoms with E-state index < -0.39 is 0 Å². The number of nitrogens with one attached hydrogen (secondary N) is 3. The highest BCUT2D eigenvalue weighted by molar-refractivity contribution is 6.34. The number of halogens is 1. The van der Waals surface area contributed by atoms with Crippen molar-refractivity contribution in [2.45, 2.75) is 39.7 Å². The number of benzene rings is 1. The predicted molar refractivity (Wildman–Crippen MR) is 132 cm³/mol. The first kappa shape index (κ1) is 22.8. The minimum atomic E-state index is 0.395. The van der Waals surface area contributed by atoms with Crippen LogP contribution in [-0.4, -0.2) is 65.7 Å². The molecule has 1 saturated heterocycles. The van der Waals surface area contributed by atoms with Gasteiger partial charge in [-0.2, -0.15) is 0 Å². The molecule has 0 spiro atoms. The molecule has 4 rings (SSSR count). The highest BCUT2D eigenvalue weighted by atomic mass is 35.5. The molecule has 172 valence electrons. The number of ether oxygens (including phenoxy) is 1. The fourth-order valence-electron chi connectivity index (χ4n) is 4.38. The van der Waals surface area contributed by atoms with Gasteiger partial charge in [0.05, 0.1) is 16.9 Å². The van der Waals surface area contributed by atoms with Gasteiger partial charge in [0.15, 0.2) is 5.65 Å². The number of hydrogen-bond donors (Lipinski definition) is 3. The van der Waals surface area contributed by atoms with Crippen molar-refractivity contribution < 1.29 is 4.74 Å². The summed E-state index contributed by atoms with van der Waals surface area (Å²) in [6.45, 7) is 11.1. The van der Waals surface area contributed by atoms with E-state index in [-0.39, 0.29) is 0 Å². The van der Waals surface area contributed by atoms with Crippen molar-refractivity contribution >= 4 is 28.5 Å². The average Bonchev–Trinajstić information content (AvgIpc) is 3.23. The standard InChI is InChI=1S/C24H33ClN6O/c1-5-31-9-6-18(7-10-31)28-20-19(25)14-27-24-21(20)29-23(30-24)17-12-15(2)22(16(3)13-17)32-11-8-26-4/h12-14,18,26H,5-11H2,1-4H3,(H2,27,28,29,30). The van der Waals surface area contributed by atoms with Crippen molar-refractivity contribution in [2.75, 3.05) is 45.2 Å². The third kappa shape index (κ3) is 4.85. The number of aryl methyl sites for hydroxylation is 2. The Hall–Kier alpha value is -2.35. The van der Waals surface area contributed by atoms with Crippen molar-refractivity contribution in [3.63, 3.8) is 0 Å². The number of hydrogen-bond acceptors (Lipinski definition) is 6. The Morgan fingerprint density at radius 2 is 1.94 bits per heavy atom. The lowest BCUT2D eigenvalue weighted by molar-refractivity contribution is 0.229. The maximum absolute atomic E-state index is 6.56. The van der Waals surface area contributed by atoms with E-state index in [0.717, 1.165) is 78.5 Å². The molecular formula is C24H33ClN6O. The lowest BCUT2D eigenvalue weighted by Crippen LogP contribution is -2.38. The minimum Gasteiger partial charge on any atom is -0.492 e. The number of fused-ring (bicyclic) bond motifs is 1. The molecule has 0 bridgehead atoms. The Balaban J connectivity index is 1.61. The number of aromatic nitrogens is 3. The van der Waals surface area contributed by atoms with Gasteiger partial charge in [-0.1, -0.05) is 18.5 Å². The van der Waals surface area contributed by atoms with E-state index in [2.05, 4.69) is 58.4 Å². The van der Waals surface area contributed by atoms with Gasteiger partial charge in [-0.3, -0.25) is 0 Å². The molecule has 0 atom stereocenters. The van der Waals surface area contributed by atoms with Crippen molar-refractivity contribution in [1.82, 2.24) is 25.2 Å². The van der Waals surface area contributed by atoms with Crippen LogP contribution < -0.4 is 15.4 Å². The molecule has 1 aliphatic rings. The van der Waals surface area contributed by atoms with Crippen LogP contribution in [-0.2, 0) is 0 Å². The van der Waals surface area contributed by atoms with Gasteiger partial charge in [0.1, 0.15) is 23.7 Å². The molecule has 1 fully saturated rings. The fourth-order valence-corrected chi connectivity index (χ4v) is 4.58. The van der Waals surface area contributed by atoms with Crippen molar-refractivity contribution in [2.24, 2.45) is 0 Å². The summed E-state index contributed by atoms with van der Waals surface area (Å²) in [7, 11) is 1.92. The zero-order valence-electron chi connectivity index (χ0n) is 19.4. The van der Waals surface area contributed by atoms with Crippen LogP contribution in [0.25, 0.3) is 22.6 Å². The number of aromatic amines is 1. The second-order valence-electron chi connectivity index (χ2n) is 8.51. The molecule has 3 aromatic rings. The van der Waals surface area contributed by atoms with Gasteiger partial charge in [0.25, 0.3) is 0 Å². The van der Waals surface area contributed by atoms with Gasteiger partial charge < -0.3 is 25.3 Å². The number of nitrogens with zero attached hydrogens (tertiary/aromatic N) is 3. The molecule has 0 aliphatic carbocycles. The Morgan fingerprint density at radius 1 is 1.22 bits per heavy atom. The third-order valence-electron chi connectivity index (χ3n) is 6.19. The van der Waals surface area contributed by atoms with Gasteiger partial charge in [-0.25, -0.2) is 9.97 Å².